The zero-order valence-corrected chi connectivity index (χ0v) is 23.4. The third-order valence-corrected chi connectivity index (χ3v) is 10.2. The number of pyridine rings is 2. The van der Waals surface area contributed by atoms with Gasteiger partial charge in [0.15, 0.2) is 0 Å². The van der Waals surface area contributed by atoms with Crippen LogP contribution in [-0.4, -0.2) is 29.7 Å². The highest BCUT2D eigenvalue weighted by molar-refractivity contribution is 8.05. The topological polar surface area (TPSA) is 70.2 Å². The van der Waals surface area contributed by atoms with E-state index in [1.807, 2.05) is 35.8 Å². The SMILES string of the molecule is Cc1ccc(C(Nc2ccc3c(c2)Sc2cccc(C4CN(c5cc[nH]c(=O)c5)CCO4)c2S3)C2CC2)nc1. The number of fused-ring (bicyclic) bond motifs is 2. The summed E-state index contributed by atoms with van der Waals surface area (Å²) in [6.07, 6.45) is 6.13. The fourth-order valence-electron chi connectivity index (χ4n) is 5.37. The van der Waals surface area contributed by atoms with Gasteiger partial charge in [0.25, 0.3) is 0 Å². The van der Waals surface area contributed by atoms with Crippen molar-refractivity contribution in [3.8, 4) is 0 Å². The number of hydrogen-bond donors (Lipinski definition) is 2. The number of benzene rings is 2. The summed E-state index contributed by atoms with van der Waals surface area (Å²) in [7, 11) is 0. The molecule has 2 unspecified atom stereocenters. The van der Waals surface area contributed by atoms with Gasteiger partial charge in [-0.25, -0.2) is 0 Å². The lowest BCUT2D eigenvalue weighted by molar-refractivity contribution is 0.0379. The van der Waals surface area contributed by atoms with Crippen LogP contribution in [0.3, 0.4) is 0 Å². The average molecular weight is 555 g/mol. The fourth-order valence-corrected chi connectivity index (χ4v) is 7.82. The normalized spacial score (nSPS) is 19.2. The van der Waals surface area contributed by atoms with Crippen molar-refractivity contribution in [2.75, 3.05) is 29.9 Å². The summed E-state index contributed by atoms with van der Waals surface area (Å²) in [5, 5.41) is 3.80. The zero-order valence-electron chi connectivity index (χ0n) is 21.7. The number of nitrogens with one attached hydrogen (secondary N) is 2. The minimum absolute atomic E-state index is 0.0510. The monoisotopic (exact) mass is 554 g/mol. The maximum Gasteiger partial charge on any atom is 0.249 e. The molecule has 2 aliphatic heterocycles. The van der Waals surface area contributed by atoms with Gasteiger partial charge < -0.3 is 19.9 Å². The Bertz CT molecular complexity index is 1570. The Hall–Kier alpha value is -3.20. The van der Waals surface area contributed by atoms with Crippen LogP contribution in [0, 0.1) is 12.8 Å². The molecule has 2 N–H and O–H groups in total. The van der Waals surface area contributed by atoms with E-state index in [1.165, 1.54) is 43.6 Å². The summed E-state index contributed by atoms with van der Waals surface area (Å²) in [4.78, 5) is 26.6. The number of aromatic amines is 1. The molecule has 2 aromatic heterocycles. The van der Waals surface area contributed by atoms with Gasteiger partial charge in [-0.05, 0) is 73.2 Å². The number of nitrogens with zero attached hydrogens (tertiary/aromatic N) is 2. The Labute approximate surface area is 236 Å². The van der Waals surface area contributed by atoms with Crippen LogP contribution in [0.15, 0.2) is 97.4 Å². The van der Waals surface area contributed by atoms with Crippen LogP contribution in [0.5, 0.6) is 0 Å². The molecule has 3 aliphatic rings. The molecule has 1 aliphatic carbocycles. The van der Waals surface area contributed by atoms with Crippen molar-refractivity contribution in [3.63, 3.8) is 0 Å². The largest absolute Gasteiger partial charge is 0.376 e. The number of rotatable bonds is 6. The number of hydrogen-bond acceptors (Lipinski definition) is 7. The van der Waals surface area contributed by atoms with E-state index in [0.29, 0.717) is 12.5 Å². The number of aromatic nitrogens is 2. The van der Waals surface area contributed by atoms with Gasteiger partial charge in [0.1, 0.15) is 6.10 Å². The van der Waals surface area contributed by atoms with E-state index < -0.39 is 0 Å². The second-order valence-electron chi connectivity index (χ2n) is 10.5. The molecule has 6 nitrogen and oxygen atoms in total. The summed E-state index contributed by atoms with van der Waals surface area (Å²) >= 11 is 3.66. The van der Waals surface area contributed by atoms with Gasteiger partial charge in [-0.2, -0.15) is 0 Å². The molecule has 39 heavy (non-hydrogen) atoms. The van der Waals surface area contributed by atoms with Crippen LogP contribution >= 0.6 is 23.5 Å². The predicted octanol–water partition coefficient (Wildman–Crippen LogP) is 6.84. The Morgan fingerprint density at radius 2 is 1.97 bits per heavy atom. The van der Waals surface area contributed by atoms with Gasteiger partial charge in [0, 0.05) is 62.5 Å². The molecule has 8 heteroatoms. The average Bonchev–Trinajstić information content (AvgIpc) is 3.81. The maximum atomic E-state index is 11.9. The third kappa shape index (κ3) is 5.21. The second-order valence-corrected chi connectivity index (χ2v) is 12.6. The molecule has 4 heterocycles. The Balaban J connectivity index is 1.12. The molecule has 1 saturated heterocycles. The van der Waals surface area contributed by atoms with E-state index in [9.17, 15) is 4.79 Å². The Kier molecular flexibility index (Phi) is 6.62. The van der Waals surface area contributed by atoms with Gasteiger partial charge >= 0.3 is 0 Å². The highest BCUT2D eigenvalue weighted by Gasteiger charge is 2.34. The smallest absolute Gasteiger partial charge is 0.249 e. The third-order valence-electron chi connectivity index (χ3n) is 7.59. The van der Waals surface area contributed by atoms with Crippen molar-refractivity contribution in [2.24, 2.45) is 5.92 Å². The zero-order chi connectivity index (χ0) is 26.3. The molecule has 0 bridgehead atoms. The minimum atomic E-state index is -0.0800. The molecular formula is C31H30N4O2S2. The molecule has 0 spiro atoms. The molecular weight excluding hydrogens is 525 g/mol. The second kappa shape index (κ2) is 10.4. The van der Waals surface area contributed by atoms with Crippen LogP contribution in [0.2, 0.25) is 0 Å². The van der Waals surface area contributed by atoms with Crippen LogP contribution < -0.4 is 15.8 Å². The maximum absolute atomic E-state index is 11.9. The van der Waals surface area contributed by atoms with Gasteiger partial charge in [0.2, 0.25) is 5.56 Å². The number of ether oxygens (including phenoxy) is 1. The van der Waals surface area contributed by atoms with E-state index in [2.05, 4.69) is 70.7 Å². The lowest BCUT2D eigenvalue weighted by Gasteiger charge is -2.36. The summed E-state index contributed by atoms with van der Waals surface area (Å²) in [6, 6.07) is 21.5. The lowest BCUT2D eigenvalue weighted by atomic mass is 10.1. The highest BCUT2D eigenvalue weighted by Crippen LogP contribution is 2.52. The number of morpholine rings is 1. The number of aryl methyl sites for hydroxylation is 1. The van der Waals surface area contributed by atoms with Gasteiger partial charge in [-0.1, -0.05) is 41.7 Å². The molecule has 0 radical (unpaired) electrons. The van der Waals surface area contributed by atoms with Gasteiger partial charge in [0.05, 0.1) is 18.3 Å². The van der Waals surface area contributed by atoms with E-state index >= 15 is 0 Å². The molecule has 7 rings (SSSR count). The summed E-state index contributed by atoms with van der Waals surface area (Å²) in [6.45, 7) is 4.20. The predicted molar refractivity (Wildman–Crippen MR) is 157 cm³/mol. The van der Waals surface area contributed by atoms with E-state index in [4.69, 9.17) is 9.72 Å². The molecule has 2 atom stereocenters. The standard InChI is InChI=1S/C31H30N4O2S2/c1-19-5-9-24(33-17-19)30(20-6-7-20)34-21-8-10-26-28(15-21)38-27-4-2-3-23(31(27)39-26)25-18-35(13-14-37-25)22-11-12-32-29(36)16-22/h2-5,8-12,15-17,20,25,30,34H,6-7,13-14,18H2,1H3,(H,32,36). The van der Waals surface area contributed by atoms with E-state index in [0.717, 1.165) is 30.2 Å². The number of H-pyrrole nitrogens is 1. The van der Waals surface area contributed by atoms with Crippen molar-refractivity contribution in [3.05, 3.63) is 100 Å². The van der Waals surface area contributed by atoms with Crippen molar-refractivity contribution in [2.45, 2.75) is 51.5 Å². The number of anilines is 2. The van der Waals surface area contributed by atoms with Crippen LogP contribution in [0.4, 0.5) is 11.4 Å². The first-order chi connectivity index (χ1) is 19.1. The molecule has 198 valence electrons. The van der Waals surface area contributed by atoms with Gasteiger partial charge in [-0.15, -0.1) is 0 Å². The molecule has 2 aromatic carbocycles. The summed E-state index contributed by atoms with van der Waals surface area (Å²) in [5.41, 5.74) is 5.53. The van der Waals surface area contributed by atoms with Crippen molar-refractivity contribution in [1.29, 1.82) is 0 Å². The van der Waals surface area contributed by atoms with Crippen molar-refractivity contribution < 1.29 is 4.74 Å². The molecule has 2 fully saturated rings. The quantitative estimate of drug-likeness (QED) is 0.238. The summed E-state index contributed by atoms with van der Waals surface area (Å²) < 4.78 is 6.27. The molecule has 1 saturated carbocycles. The van der Waals surface area contributed by atoms with E-state index in [1.54, 1.807) is 12.3 Å². The lowest BCUT2D eigenvalue weighted by Crippen LogP contribution is -2.39. The minimum Gasteiger partial charge on any atom is -0.376 e. The van der Waals surface area contributed by atoms with Crippen LogP contribution in [-0.2, 0) is 4.74 Å². The van der Waals surface area contributed by atoms with E-state index in [-0.39, 0.29) is 17.7 Å². The van der Waals surface area contributed by atoms with Crippen molar-refractivity contribution in [1.82, 2.24) is 9.97 Å². The molecule has 4 aromatic rings. The highest BCUT2D eigenvalue weighted by atomic mass is 32.2. The first-order valence-electron chi connectivity index (χ1n) is 13.5. The van der Waals surface area contributed by atoms with Crippen LogP contribution in [0.25, 0.3) is 0 Å². The Morgan fingerprint density at radius 3 is 2.79 bits per heavy atom. The first-order valence-corrected chi connectivity index (χ1v) is 15.1. The van der Waals surface area contributed by atoms with Gasteiger partial charge in [-0.3, -0.25) is 9.78 Å². The first kappa shape index (κ1) is 24.8. The summed E-state index contributed by atoms with van der Waals surface area (Å²) in [5.74, 6) is 0.644. The fraction of sp³-hybridized carbons (Fsp3) is 0.290. The van der Waals surface area contributed by atoms with Crippen molar-refractivity contribution >= 4 is 34.9 Å². The van der Waals surface area contributed by atoms with Crippen LogP contribution in [0.1, 0.15) is 41.8 Å². The molecule has 0 amide bonds. The Morgan fingerprint density at radius 1 is 1.05 bits per heavy atom.